The molecule has 7 nitrogen and oxygen atoms in total. The van der Waals surface area contributed by atoms with E-state index in [-0.39, 0.29) is 12.3 Å². The van der Waals surface area contributed by atoms with Crippen molar-refractivity contribution in [2.24, 2.45) is 5.10 Å². The first-order valence-corrected chi connectivity index (χ1v) is 9.75. The van der Waals surface area contributed by atoms with E-state index in [1.165, 1.54) is 18.3 Å². The minimum absolute atomic E-state index is 0.00445. The maximum absolute atomic E-state index is 11.8. The predicted octanol–water partition coefficient (Wildman–Crippen LogP) is 5.08. The van der Waals surface area contributed by atoms with Crippen LogP contribution in [0.1, 0.15) is 5.56 Å². The predicted molar refractivity (Wildman–Crippen MR) is 114 cm³/mol. The molecule has 0 bridgehead atoms. The molecule has 140 valence electrons. The van der Waals surface area contributed by atoms with Gasteiger partial charge in [0.25, 0.3) is 11.6 Å². The Bertz CT molecular complexity index is 893. The summed E-state index contributed by atoms with van der Waals surface area (Å²) in [6.07, 6.45) is 4.56. The van der Waals surface area contributed by atoms with Gasteiger partial charge in [-0.05, 0) is 55.6 Å². The van der Waals surface area contributed by atoms with Gasteiger partial charge in [0, 0.05) is 22.8 Å². The first-order valence-electron chi connectivity index (χ1n) is 7.37. The molecule has 0 aliphatic rings. The van der Waals surface area contributed by atoms with Crippen LogP contribution >= 0.6 is 47.8 Å². The normalized spacial score (nSPS) is 11.1. The first-order chi connectivity index (χ1) is 12.9. The van der Waals surface area contributed by atoms with Crippen molar-refractivity contribution in [3.8, 4) is 5.75 Å². The number of allylic oxidation sites excluding steroid dienone is 1. The minimum Gasteiger partial charge on any atom is -0.481 e. The number of hydrazone groups is 1. The second-order valence-corrected chi connectivity index (χ2v) is 7.64. The highest BCUT2D eigenvalue weighted by molar-refractivity contribution is 9.11. The van der Waals surface area contributed by atoms with Crippen LogP contribution in [0.5, 0.6) is 5.75 Å². The zero-order valence-electron chi connectivity index (χ0n) is 13.6. The minimum atomic E-state index is -0.464. The fourth-order valence-corrected chi connectivity index (χ4v) is 4.37. The average Bonchev–Trinajstić information content (AvgIpc) is 2.60. The van der Waals surface area contributed by atoms with E-state index >= 15 is 0 Å². The number of nitrogens with one attached hydrogen (secondary N) is 1. The summed E-state index contributed by atoms with van der Waals surface area (Å²) < 4.78 is 7.71. The Hall–Kier alpha value is -2.04. The van der Waals surface area contributed by atoms with Crippen molar-refractivity contribution in [3.05, 3.63) is 71.6 Å². The highest BCUT2D eigenvalue weighted by Crippen LogP contribution is 2.36. The molecule has 2 aromatic rings. The quantitative estimate of drug-likeness (QED) is 0.290. The van der Waals surface area contributed by atoms with Gasteiger partial charge in [0.2, 0.25) is 0 Å². The van der Waals surface area contributed by atoms with Crippen LogP contribution in [0.3, 0.4) is 0 Å². The van der Waals surface area contributed by atoms with Crippen LogP contribution < -0.4 is 10.2 Å². The van der Waals surface area contributed by atoms with Crippen molar-refractivity contribution >= 4 is 71.7 Å². The fourth-order valence-electron chi connectivity index (χ4n) is 1.89. The first kappa shape index (κ1) is 21.3. The molecule has 0 heterocycles. The van der Waals surface area contributed by atoms with Gasteiger partial charge in [-0.2, -0.15) is 5.10 Å². The maximum atomic E-state index is 11.8. The lowest BCUT2D eigenvalue weighted by atomic mass is 10.2. The lowest BCUT2D eigenvalue weighted by Gasteiger charge is -2.09. The van der Waals surface area contributed by atoms with Crippen molar-refractivity contribution < 1.29 is 14.5 Å². The third kappa shape index (κ3) is 6.89. The van der Waals surface area contributed by atoms with Crippen molar-refractivity contribution in [1.82, 2.24) is 5.43 Å². The second kappa shape index (κ2) is 10.3. The molecule has 0 spiro atoms. The monoisotopic (exact) mass is 559 g/mol. The maximum Gasteiger partial charge on any atom is 0.277 e. The lowest BCUT2D eigenvalue weighted by molar-refractivity contribution is -0.384. The van der Waals surface area contributed by atoms with Crippen LogP contribution in [-0.4, -0.2) is 23.7 Å². The van der Waals surface area contributed by atoms with E-state index in [9.17, 15) is 14.9 Å². The highest BCUT2D eigenvalue weighted by Gasteiger charge is 2.10. The molecule has 0 saturated heterocycles. The van der Waals surface area contributed by atoms with Gasteiger partial charge in [0.15, 0.2) is 6.61 Å². The Morgan fingerprint density at radius 2 is 1.93 bits per heavy atom. The number of amides is 1. The van der Waals surface area contributed by atoms with Crippen LogP contribution in [0.2, 0.25) is 0 Å². The van der Waals surface area contributed by atoms with Gasteiger partial charge in [-0.15, -0.1) is 0 Å². The summed E-state index contributed by atoms with van der Waals surface area (Å²) in [5.41, 5.74) is 2.98. The molecular formula is C17H12Br3N3O4. The number of carbonyl (C=O) groups excluding carboxylic acids is 1. The number of carbonyl (C=O) groups is 1. The number of hydrogen-bond acceptors (Lipinski definition) is 5. The SMILES string of the molecule is O=C(COc1c(Br)cc(Br)cc1Br)N/N=C\C=C\c1cccc([N+](=O)[O-])c1. The molecule has 27 heavy (non-hydrogen) atoms. The number of halogens is 3. The number of nitro groups is 1. The average molecular weight is 562 g/mol. The molecule has 0 aromatic heterocycles. The summed E-state index contributed by atoms with van der Waals surface area (Å²) in [6.45, 7) is -0.217. The smallest absolute Gasteiger partial charge is 0.277 e. The summed E-state index contributed by atoms with van der Waals surface area (Å²) in [7, 11) is 0. The van der Waals surface area contributed by atoms with Gasteiger partial charge >= 0.3 is 0 Å². The number of non-ortho nitro benzene ring substituents is 1. The van der Waals surface area contributed by atoms with Gasteiger partial charge in [-0.25, -0.2) is 5.43 Å². The van der Waals surface area contributed by atoms with E-state index in [0.29, 0.717) is 20.3 Å². The van der Waals surface area contributed by atoms with Crippen LogP contribution in [0, 0.1) is 10.1 Å². The molecule has 2 aromatic carbocycles. The number of rotatable bonds is 7. The van der Waals surface area contributed by atoms with Crippen molar-refractivity contribution in [2.75, 3.05) is 6.61 Å². The number of hydrogen-bond donors (Lipinski definition) is 1. The Morgan fingerprint density at radius 1 is 1.22 bits per heavy atom. The molecule has 2 rings (SSSR count). The third-order valence-corrected chi connectivity index (χ3v) is 4.67. The molecule has 1 N–H and O–H groups in total. The second-order valence-electron chi connectivity index (χ2n) is 5.01. The van der Waals surface area contributed by atoms with E-state index in [4.69, 9.17) is 4.74 Å². The molecule has 0 aliphatic heterocycles. The number of benzene rings is 2. The van der Waals surface area contributed by atoms with Crippen LogP contribution in [0.15, 0.2) is 61.0 Å². The summed E-state index contributed by atoms with van der Waals surface area (Å²) in [4.78, 5) is 22.0. The van der Waals surface area contributed by atoms with Gasteiger partial charge in [-0.3, -0.25) is 14.9 Å². The Balaban J connectivity index is 1.83. The van der Waals surface area contributed by atoms with Crippen LogP contribution in [0.4, 0.5) is 5.69 Å². The Kier molecular flexibility index (Phi) is 8.14. The third-order valence-electron chi connectivity index (χ3n) is 3.03. The van der Waals surface area contributed by atoms with Crippen molar-refractivity contribution in [2.45, 2.75) is 0 Å². The molecule has 0 atom stereocenters. The Morgan fingerprint density at radius 3 is 2.59 bits per heavy atom. The zero-order valence-corrected chi connectivity index (χ0v) is 18.3. The summed E-state index contributed by atoms with van der Waals surface area (Å²) in [5, 5.41) is 14.5. The summed E-state index contributed by atoms with van der Waals surface area (Å²) in [6, 6.07) is 9.76. The van der Waals surface area contributed by atoms with E-state index in [1.807, 2.05) is 0 Å². The molecule has 0 fully saturated rings. The standard InChI is InChI=1S/C17H12Br3N3O4/c18-12-8-14(19)17(15(20)9-12)27-10-16(24)22-21-6-2-4-11-3-1-5-13(7-11)23(25)26/h1-9H,10H2,(H,22,24)/b4-2+,21-6-. The molecule has 10 heteroatoms. The van der Waals surface area contributed by atoms with Crippen LogP contribution in [0.25, 0.3) is 6.08 Å². The summed E-state index contributed by atoms with van der Waals surface area (Å²) in [5.74, 6) is 0.0691. The van der Waals surface area contributed by atoms with E-state index in [0.717, 1.165) is 4.47 Å². The number of ether oxygens (including phenoxy) is 1. The van der Waals surface area contributed by atoms with Crippen molar-refractivity contribution in [1.29, 1.82) is 0 Å². The molecule has 1 amide bonds. The van der Waals surface area contributed by atoms with Crippen LogP contribution in [-0.2, 0) is 4.79 Å². The Labute approximate surface area is 180 Å². The van der Waals surface area contributed by atoms with E-state index in [1.54, 1.807) is 36.4 Å². The number of nitro benzene ring substituents is 1. The van der Waals surface area contributed by atoms with Gasteiger partial charge < -0.3 is 4.74 Å². The largest absolute Gasteiger partial charge is 0.481 e. The topological polar surface area (TPSA) is 93.8 Å². The molecule has 0 aliphatic carbocycles. The van der Waals surface area contributed by atoms with Gasteiger partial charge in [0.05, 0.1) is 13.9 Å². The fraction of sp³-hybridized carbons (Fsp3) is 0.0588. The molecule has 0 radical (unpaired) electrons. The van der Waals surface area contributed by atoms with E-state index in [2.05, 4.69) is 58.3 Å². The lowest BCUT2D eigenvalue weighted by Crippen LogP contribution is -2.24. The molecule has 0 saturated carbocycles. The molecular weight excluding hydrogens is 550 g/mol. The van der Waals surface area contributed by atoms with Crippen molar-refractivity contribution in [3.63, 3.8) is 0 Å². The highest BCUT2D eigenvalue weighted by atomic mass is 79.9. The zero-order chi connectivity index (χ0) is 19.8. The summed E-state index contributed by atoms with van der Waals surface area (Å²) >= 11 is 10.1. The van der Waals surface area contributed by atoms with Gasteiger partial charge in [0.1, 0.15) is 5.75 Å². The van der Waals surface area contributed by atoms with E-state index < -0.39 is 10.8 Å². The van der Waals surface area contributed by atoms with Gasteiger partial charge in [-0.1, -0.05) is 34.1 Å². The molecule has 0 unspecified atom stereocenters. The number of nitrogens with zero attached hydrogens (tertiary/aromatic N) is 2.